The summed E-state index contributed by atoms with van der Waals surface area (Å²) < 4.78 is 1.89. The number of imidazole rings is 1. The van der Waals surface area contributed by atoms with E-state index in [9.17, 15) is 4.79 Å². The third-order valence-electron chi connectivity index (χ3n) is 5.64. The highest BCUT2D eigenvalue weighted by Crippen LogP contribution is 2.27. The third-order valence-corrected chi connectivity index (χ3v) is 5.96. The molecule has 0 unspecified atom stereocenters. The third kappa shape index (κ3) is 4.14. The van der Waals surface area contributed by atoms with E-state index in [-0.39, 0.29) is 5.91 Å². The molecule has 4 rings (SSSR count). The fourth-order valence-corrected chi connectivity index (χ4v) is 4.20. The number of pyridine rings is 1. The number of carbonyl (C=O) groups excluding carboxylic acids is 1. The van der Waals surface area contributed by atoms with E-state index in [2.05, 4.69) is 27.1 Å². The van der Waals surface area contributed by atoms with Crippen molar-refractivity contribution in [2.45, 2.75) is 39.2 Å². The van der Waals surface area contributed by atoms with Crippen LogP contribution < -0.4 is 5.32 Å². The van der Waals surface area contributed by atoms with Crippen LogP contribution in [-0.2, 0) is 0 Å². The Morgan fingerprint density at radius 1 is 1.28 bits per heavy atom. The summed E-state index contributed by atoms with van der Waals surface area (Å²) in [5, 5.41) is 3.60. The van der Waals surface area contributed by atoms with Crippen LogP contribution in [0.2, 0.25) is 5.02 Å². The maximum Gasteiger partial charge on any atom is 0.251 e. The summed E-state index contributed by atoms with van der Waals surface area (Å²) in [5.74, 6) is 0.684. The summed E-state index contributed by atoms with van der Waals surface area (Å²) in [7, 11) is 0. The minimum absolute atomic E-state index is 0.0911. The minimum atomic E-state index is -0.0911. The molecule has 1 atom stereocenters. The van der Waals surface area contributed by atoms with E-state index in [1.54, 1.807) is 18.3 Å². The number of hydrogen-bond acceptors (Lipinski definition) is 4. The lowest BCUT2D eigenvalue weighted by Crippen LogP contribution is -2.34. The van der Waals surface area contributed by atoms with Crippen molar-refractivity contribution in [2.24, 2.45) is 0 Å². The Morgan fingerprint density at radius 3 is 2.86 bits per heavy atom. The molecule has 3 heterocycles. The number of nitrogens with one attached hydrogen (secondary N) is 1. The number of hydrogen-bond donors (Lipinski definition) is 1. The second-order valence-electron chi connectivity index (χ2n) is 7.64. The van der Waals surface area contributed by atoms with E-state index < -0.39 is 0 Å². The van der Waals surface area contributed by atoms with E-state index >= 15 is 0 Å². The Balaban J connectivity index is 1.50. The van der Waals surface area contributed by atoms with Gasteiger partial charge in [0.25, 0.3) is 5.91 Å². The van der Waals surface area contributed by atoms with Gasteiger partial charge in [0, 0.05) is 24.3 Å². The first kappa shape index (κ1) is 19.9. The number of halogens is 1. The zero-order valence-corrected chi connectivity index (χ0v) is 17.6. The molecular weight excluding hydrogens is 386 g/mol. The SMILES string of the molecule is Cc1nc2cccnc2n1-c1cc(C(=O)NCC[C@@H](C)N2CCCC2)ccc1Cl. The summed E-state index contributed by atoms with van der Waals surface area (Å²) in [6.45, 7) is 7.13. The van der Waals surface area contributed by atoms with Crippen LogP contribution in [0.25, 0.3) is 16.9 Å². The largest absolute Gasteiger partial charge is 0.352 e. The van der Waals surface area contributed by atoms with E-state index in [1.165, 1.54) is 25.9 Å². The normalized spacial score (nSPS) is 15.7. The van der Waals surface area contributed by atoms with Crippen molar-refractivity contribution in [1.82, 2.24) is 24.8 Å². The molecule has 1 saturated heterocycles. The predicted molar refractivity (Wildman–Crippen MR) is 116 cm³/mol. The van der Waals surface area contributed by atoms with Gasteiger partial charge >= 0.3 is 0 Å². The first-order valence-corrected chi connectivity index (χ1v) is 10.5. The maximum atomic E-state index is 12.7. The smallest absolute Gasteiger partial charge is 0.251 e. The second-order valence-corrected chi connectivity index (χ2v) is 8.05. The summed E-state index contributed by atoms with van der Waals surface area (Å²) in [6.07, 6.45) is 5.23. The fraction of sp³-hybridized carbons (Fsp3) is 0.409. The molecule has 29 heavy (non-hydrogen) atoms. The lowest BCUT2D eigenvalue weighted by Gasteiger charge is -2.23. The van der Waals surface area contributed by atoms with Crippen LogP contribution in [0.15, 0.2) is 36.5 Å². The number of fused-ring (bicyclic) bond motifs is 1. The summed E-state index contributed by atoms with van der Waals surface area (Å²) >= 11 is 6.47. The number of amides is 1. The van der Waals surface area contributed by atoms with E-state index in [0.29, 0.717) is 28.9 Å². The van der Waals surface area contributed by atoms with Gasteiger partial charge in [0.05, 0.1) is 10.7 Å². The van der Waals surface area contributed by atoms with Crippen molar-refractivity contribution in [3.8, 4) is 5.69 Å². The lowest BCUT2D eigenvalue weighted by atomic mass is 10.1. The van der Waals surface area contributed by atoms with Crippen LogP contribution in [0, 0.1) is 6.92 Å². The molecule has 3 aromatic rings. The molecule has 0 radical (unpaired) electrons. The Hall–Kier alpha value is -2.44. The molecule has 1 amide bonds. The van der Waals surface area contributed by atoms with Gasteiger partial charge in [-0.25, -0.2) is 9.97 Å². The maximum absolute atomic E-state index is 12.7. The van der Waals surface area contributed by atoms with Crippen molar-refractivity contribution < 1.29 is 4.79 Å². The monoisotopic (exact) mass is 411 g/mol. The van der Waals surface area contributed by atoms with Gasteiger partial charge in [0.1, 0.15) is 11.3 Å². The molecule has 0 bridgehead atoms. The average Bonchev–Trinajstić information content (AvgIpc) is 3.36. The standard InChI is InChI=1S/C22H26ClN5O/c1-15(27-12-3-4-13-27)9-11-25-22(29)17-7-8-18(23)20(14-17)28-16(2)26-19-6-5-10-24-21(19)28/h5-8,10,14-15H,3-4,9,11-13H2,1-2H3,(H,25,29)/t15-/m1/s1. The molecule has 152 valence electrons. The fourth-order valence-electron chi connectivity index (χ4n) is 4.00. The molecule has 1 aliphatic heterocycles. The second kappa shape index (κ2) is 8.51. The summed E-state index contributed by atoms with van der Waals surface area (Å²) in [6, 6.07) is 9.58. The molecule has 0 aliphatic carbocycles. The molecule has 1 aromatic carbocycles. The number of rotatable bonds is 6. The van der Waals surface area contributed by atoms with E-state index in [4.69, 9.17) is 11.6 Å². The molecule has 7 heteroatoms. The van der Waals surface area contributed by atoms with E-state index in [0.717, 1.165) is 23.4 Å². The van der Waals surface area contributed by atoms with Crippen molar-refractivity contribution in [3.63, 3.8) is 0 Å². The van der Waals surface area contributed by atoms with Crippen LogP contribution >= 0.6 is 11.6 Å². The first-order chi connectivity index (χ1) is 14.0. The van der Waals surface area contributed by atoms with Crippen molar-refractivity contribution in [2.75, 3.05) is 19.6 Å². The van der Waals surface area contributed by atoms with Gasteiger partial charge in [-0.3, -0.25) is 9.36 Å². The van der Waals surface area contributed by atoms with Gasteiger partial charge in [-0.05, 0) is 76.5 Å². The highest BCUT2D eigenvalue weighted by atomic mass is 35.5. The molecule has 1 fully saturated rings. The molecule has 1 aliphatic rings. The van der Waals surface area contributed by atoms with Gasteiger partial charge in [0.2, 0.25) is 0 Å². The zero-order valence-electron chi connectivity index (χ0n) is 16.9. The van der Waals surface area contributed by atoms with Crippen molar-refractivity contribution >= 4 is 28.7 Å². The number of carbonyl (C=O) groups is 1. The lowest BCUT2D eigenvalue weighted by molar-refractivity contribution is 0.0949. The van der Waals surface area contributed by atoms with Gasteiger partial charge < -0.3 is 10.2 Å². The Kier molecular flexibility index (Phi) is 5.83. The highest BCUT2D eigenvalue weighted by Gasteiger charge is 2.19. The van der Waals surface area contributed by atoms with E-state index in [1.807, 2.05) is 29.7 Å². The van der Waals surface area contributed by atoms with Gasteiger partial charge in [-0.15, -0.1) is 0 Å². The number of likely N-dealkylation sites (tertiary alicyclic amines) is 1. The molecule has 0 saturated carbocycles. The van der Waals surface area contributed by atoms with Gasteiger partial charge in [-0.2, -0.15) is 0 Å². The molecule has 2 aromatic heterocycles. The van der Waals surface area contributed by atoms with Crippen LogP contribution in [0.1, 0.15) is 42.4 Å². The number of aryl methyl sites for hydroxylation is 1. The van der Waals surface area contributed by atoms with Crippen molar-refractivity contribution in [3.05, 3.63) is 52.9 Å². The van der Waals surface area contributed by atoms with Crippen LogP contribution in [0.4, 0.5) is 0 Å². The molecule has 0 spiro atoms. The van der Waals surface area contributed by atoms with Crippen LogP contribution in [0.5, 0.6) is 0 Å². The number of nitrogens with zero attached hydrogens (tertiary/aromatic N) is 4. The van der Waals surface area contributed by atoms with Crippen LogP contribution in [0.3, 0.4) is 0 Å². The van der Waals surface area contributed by atoms with Gasteiger partial charge in [-0.1, -0.05) is 11.6 Å². The first-order valence-electron chi connectivity index (χ1n) is 10.2. The molecule has 1 N–H and O–H groups in total. The summed E-state index contributed by atoms with van der Waals surface area (Å²) in [4.78, 5) is 24.2. The average molecular weight is 412 g/mol. The molecular formula is C22H26ClN5O. The Labute approximate surface area is 175 Å². The zero-order chi connectivity index (χ0) is 20.4. The summed E-state index contributed by atoms with van der Waals surface area (Å²) in [5.41, 5.74) is 2.81. The Bertz CT molecular complexity index is 1030. The topological polar surface area (TPSA) is 63.1 Å². The Morgan fingerprint density at radius 2 is 2.07 bits per heavy atom. The number of aromatic nitrogens is 3. The van der Waals surface area contributed by atoms with Crippen LogP contribution in [-0.4, -0.2) is 51.0 Å². The quantitative estimate of drug-likeness (QED) is 0.666. The predicted octanol–water partition coefficient (Wildman–Crippen LogP) is 3.99. The minimum Gasteiger partial charge on any atom is -0.352 e. The van der Waals surface area contributed by atoms with Crippen molar-refractivity contribution in [1.29, 1.82) is 0 Å². The highest BCUT2D eigenvalue weighted by molar-refractivity contribution is 6.32. The molecule has 6 nitrogen and oxygen atoms in total. The van der Waals surface area contributed by atoms with Gasteiger partial charge in [0.15, 0.2) is 5.65 Å². The number of benzene rings is 1.